The first kappa shape index (κ1) is 15.7. The lowest BCUT2D eigenvalue weighted by Gasteiger charge is -2.05. The fraction of sp³-hybridized carbons (Fsp3) is 0.211. The normalized spacial score (nSPS) is 9.50. The fourth-order valence-corrected chi connectivity index (χ4v) is 1.93. The van der Waals surface area contributed by atoms with Crippen molar-refractivity contribution in [3.63, 3.8) is 0 Å². The number of ether oxygens (including phenoxy) is 1. The number of amides is 1. The Morgan fingerprint density at radius 1 is 1.09 bits per heavy atom. The summed E-state index contributed by atoms with van der Waals surface area (Å²) in [5.74, 6) is 6.73. The zero-order valence-corrected chi connectivity index (χ0v) is 12.6. The van der Waals surface area contributed by atoms with Gasteiger partial charge in [-0.1, -0.05) is 42.2 Å². The van der Waals surface area contributed by atoms with E-state index < -0.39 is 0 Å². The van der Waals surface area contributed by atoms with Crippen LogP contribution in [0.1, 0.15) is 18.1 Å². The molecule has 0 atom stereocenters. The van der Waals surface area contributed by atoms with Gasteiger partial charge in [-0.3, -0.25) is 4.79 Å². The summed E-state index contributed by atoms with van der Waals surface area (Å²) in [5.41, 5.74) is 1.90. The smallest absolute Gasteiger partial charge is 0.225 e. The van der Waals surface area contributed by atoms with Crippen molar-refractivity contribution >= 4 is 5.91 Å². The minimum absolute atomic E-state index is 0.0356. The molecule has 0 fully saturated rings. The largest absolute Gasteiger partial charge is 0.494 e. The third-order valence-corrected chi connectivity index (χ3v) is 2.98. The molecule has 0 spiro atoms. The second-order valence-corrected chi connectivity index (χ2v) is 4.70. The Kier molecular flexibility index (Phi) is 6.07. The Morgan fingerprint density at radius 3 is 2.50 bits per heavy atom. The van der Waals surface area contributed by atoms with E-state index in [1.807, 2.05) is 61.5 Å². The predicted molar refractivity (Wildman–Crippen MR) is 87.6 cm³/mol. The summed E-state index contributed by atoms with van der Waals surface area (Å²) in [5, 5.41) is 2.80. The summed E-state index contributed by atoms with van der Waals surface area (Å²) in [6.45, 7) is 2.93. The third-order valence-electron chi connectivity index (χ3n) is 2.98. The van der Waals surface area contributed by atoms with E-state index in [1.165, 1.54) is 0 Å². The van der Waals surface area contributed by atoms with Crippen molar-refractivity contribution in [3.05, 3.63) is 65.7 Å². The maximum Gasteiger partial charge on any atom is 0.225 e. The second kappa shape index (κ2) is 8.53. The van der Waals surface area contributed by atoms with Crippen LogP contribution in [0.4, 0.5) is 0 Å². The maximum absolute atomic E-state index is 11.8. The van der Waals surface area contributed by atoms with Crippen LogP contribution in [0.2, 0.25) is 0 Å². The van der Waals surface area contributed by atoms with E-state index in [1.54, 1.807) is 0 Å². The van der Waals surface area contributed by atoms with Crippen LogP contribution >= 0.6 is 0 Å². The Hall–Kier alpha value is -2.73. The second-order valence-electron chi connectivity index (χ2n) is 4.70. The zero-order chi connectivity index (χ0) is 15.6. The molecule has 0 bridgehead atoms. The summed E-state index contributed by atoms with van der Waals surface area (Å²) >= 11 is 0. The molecular formula is C19H19NO2. The molecule has 112 valence electrons. The lowest BCUT2D eigenvalue weighted by atomic mass is 10.1. The molecule has 0 radical (unpaired) electrons. The van der Waals surface area contributed by atoms with Crippen LogP contribution in [0.3, 0.4) is 0 Å². The first-order valence-corrected chi connectivity index (χ1v) is 7.30. The van der Waals surface area contributed by atoms with Gasteiger partial charge in [-0.05, 0) is 36.8 Å². The van der Waals surface area contributed by atoms with Crippen LogP contribution in [0.5, 0.6) is 5.75 Å². The van der Waals surface area contributed by atoms with Gasteiger partial charge in [0.2, 0.25) is 5.91 Å². The highest BCUT2D eigenvalue weighted by Gasteiger charge is 2.02. The average molecular weight is 293 g/mol. The van der Waals surface area contributed by atoms with Crippen LogP contribution in [0.15, 0.2) is 54.6 Å². The molecule has 0 aliphatic carbocycles. The Balaban J connectivity index is 1.77. The van der Waals surface area contributed by atoms with Crippen molar-refractivity contribution < 1.29 is 9.53 Å². The Morgan fingerprint density at radius 2 is 1.82 bits per heavy atom. The highest BCUT2D eigenvalue weighted by Crippen LogP contribution is 2.12. The average Bonchev–Trinajstić information content (AvgIpc) is 2.55. The van der Waals surface area contributed by atoms with Gasteiger partial charge in [0.25, 0.3) is 0 Å². The van der Waals surface area contributed by atoms with Gasteiger partial charge in [0.05, 0.1) is 19.6 Å². The molecule has 0 saturated heterocycles. The lowest BCUT2D eigenvalue weighted by Crippen LogP contribution is -2.25. The van der Waals surface area contributed by atoms with Gasteiger partial charge < -0.3 is 10.1 Å². The molecular weight excluding hydrogens is 274 g/mol. The molecule has 0 aliphatic heterocycles. The summed E-state index contributed by atoms with van der Waals surface area (Å²) in [7, 11) is 0. The number of rotatable bonds is 5. The molecule has 2 rings (SSSR count). The number of hydrogen-bond acceptors (Lipinski definition) is 2. The van der Waals surface area contributed by atoms with Crippen molar-refractivity contribution in [2.45, 2.75) is 13.3 Å². The summed E-state index contributed by atoms with van der Waals surface area (Å²) in [6.07, 6.45) is 0.347. The molecule has 0 unspecified atom stereocenters. The van der Waals surface area contributed by atoms with Gasteiger partial charge in [0.15, 0.2) is 0 Å². The van der Waals surface area contributed by atoms with Crippen molar-refractivity contribution in [1.82, 2.24) is 5.32 Å². The standard InChI is InChI=1S/C19H19NO2/c1-2-22-18-12-10-17(11-13-18)15-19(21)20-14-6-9-16-7-4-3-5-8-16/h3-5,7-8,10-13H,2,14-15H2,1H3,(H,20,21). The first-order valence-electron chi connectivity index (χ1n) is 7.30. The highest BCUT2D eigenvalue weighted by atomic mass is 16.5. The molecule has 0 aromatic heterocycles. The summed E-state index contributed by atoms with van der Waals surface area (Å²) in [4.78, 5) is 11.8. The summed E-state index contributed by atoms with van der Waals surface area (Å²) in [6, 6.07) is 17.3. The van der Waals surface area contributed by atoms with Crippen LogP contribution < -0.4 is 10.1 Å². The van der Waals surface area contributed by atoms with Crippen molar-refractivity contribution in [2.24, 2.45) is 0 Å². The number of hydrogen-bond donors (Lipinski definition) is 1. The van der Waals surface area contributed by atoms with E-state index in [-0.39, 0.29) is 5.91 Å². The maximum atomic E-state index is 11.8. The fourth-order valence-electron chi connectivity index (χ4n) is 1.93. The number of benzene rings is 2. The van der Waals surface area contributed by atoms with E-state index >= 15 is 0 Å². The van der Waals surface area contributed by atoms with Gasteiger partial charge in [0, 0.05) is 5.56 Å². The lowest BCUT2D eigenvalue weighted by molar-refractivity contribution is -0.120. The van der Waals surface area contributed by atoms with Crippen LogP contribution in [0, 0.1) is 11.8 Å². The molecule has 22 heavy (non-hydrogen) atoms. The van der Waals surface area contributed by atoms with Crippen molar-refractivity contribution in [2.75, 3.05) is 13.2 Å². The molecule has 3 heteroatoms. The van der Waals surface area contributed by atoms with Gasteiger partial charge in [-0.15, -0.1) is 0 Å². The Labute approximate surface area is 131 Å². The molecule has 2 aromatic carbocycles. The quantitative estimate of drug-likeness (QED) is 0.861. The minimum Gasteiger partial charge on any atom is -0.494 e. The van der Waals surface area contributed by atoms with Crippen molar-refractivity contribution in [3.8, 4) is 17.6 Å². The van der Waals surface area contributed by atoms with Gasteiger partial charge in [-0.2, -0.15) is 0 Å². The molecule has 0 aliphatic rings. The van der Waals surface area contributed by atoms with Crippen LogP contribution in [-0.4, -0.2) is 19.1 Å². The van der Waals surface area contributed by atoms with E-state index in [0.29, 0.717) is 19.6 Å². The minimum atomic E-state index is -0.0356. The molecule has 1 N–H and O–H groups in total. The molecule has 3 nitrogen and oxygen atoms in total. The molecule has 0 heterocycles. The van der Waals surface area contributed by atoms with Crippen molar-refractivity contribution in [1.29, 1.82) is 0 Å². The number of carbonyl (C=O) groups is 1. The Bertz CT molecular complexity index is 651. The van der Waals surface area contributed by atoms with Gasteiger partial charge in [-0.25, -0.2) is 0 Å². The molecule has 1 amide bonds. The number of nitrogens with one attached hydrogen (secondary N) is 1. The SMILES string of the molecule is CCOc1ccc(CC(=O)NCC#Cc2ccccc2)cc1. The van der Waals surface area contributed by atoms with Crippen LogP contribution in [-0.2, 0) is 11.2 Å². The molecule has 0 saturated carbocycles. The highest BCUT2D eigenvalue weighted by molar-refractivity contribution is 5.78. The monoisotopic (exact) mass is 293 g/mol. The third kappa shape index (κ3) is 5.34. The van der Waals surface area contributed by atoms with Gasteiger partial charge >= 0.3 is 0 Å². The van der Waals surface area contributed by atoms with E-state index in [4.69, 9.17) is 4.74 Å². The number of carbonyl (C=O) groups excluding carboxylic acids is 1. The van der Waals surface area contributed by atoms with Crippen LogP contribution in [0.25, 0.3) is 0 Å². The topological polar surface area (TPSA) is 38.3 Å². The predicted octanol–water partition coefficient (Wildman–Crippen LogP) is 2.80. The molecule has 2 aromatic rings. The summed E-state index contributed by atoms with van der Waals surface area (Å²) < 4.78 is 5.37. The first-order chi connectivity index (χ1) is 10.8. The van der Waals surface area contributed by atoms with E-state index in [0.717, 1.165) is 16.9 Å². The van der Waals surface area contributed by atoms with E-state index in [9.17, 15) is 4.79 Å². The van der Waals surface area contributed by atoms with E-state index in [2.05, 4.69) is 17.2 Å². The zero-order valence-electron chi connectivity index (χ0n) is 12.6. The van der Waals surface area contributed by atoms with Gasteiger partial charge in [0.1, 0.15) is 5.75 Å².